The number of hydrogen-bond acceptors (Lipinski definition) is 3. The molecular formula is C24H23FN2O2S. The Morgan fingerprint density at radius 1 is 1.07 bits per heavy atom. The van der Waals surface area contributed by atoms with Crippen molar-refractivity contribution in [2.75, 3.05) is 18.4 Å². The molecule has 1 N–H and O–H groups in total. The van der Waals surface area contributed by atoms with Crippen molar-refractivity contribution in [1.29, 1.82) is 0 Å². The van der Waals surface area contributed by atoms with Crippen LogP contribution < -0.4 is 5.32 Å². The van der Waals surface area contributed by atoms with Crippen molar-refractivity contribution >= 4 is 28.8 Å². The Hall–Kier alpha value is -2.99. The second-order valence-electron chi connectivity index (χ2n) is 7.58. The van der Waals surface area contributed by atoms with Gasteiger partial charge in [-0.2, -0.15) is 0 Å². The molecule has 1 aliphatic heterocycles. The molecule has 4 rings (SSSR count). The minimum Gasteiger partial charge on any atom is -0.337 e. The zero-order valence-electron chi connectivity index (χ0n) is 16.7. The average molecular weight is 423 g/mol. The van der Waals surface area contributed by atoms with Crippen LogP contribution in [0.25, 0.3) is 11.1 Å². The van der Waals surface area contributed by atoms with Crippen LogP contribution in [0.5, 0.6) is 0 Å². The molecule has 1 atom stereocenters. The zero-order chi connectivity index (χ0) is 21.1. The number of halogens is 1. The zero-order valence-corrected chi connectivity index (χ0v) is 17.5. The highest BCUT2D eigenvalue weighted by Gasteiger charge is 2.29. The van der Waals surface area contributed by atoms with Gasteiger partial charge in [0, 0.05) is 23.7 Å². The number of nitrogens with one attached hydrogen (secondary N) is 1. The molecule has 0 radical (unpaired) electrons. The fourth-order valence-electron chi connectivity index (χ4n) is 3.74. The highest BCUT2D eigenvalue weighted by Crippen LogP contribution is 2.25. The van der Waals surface area contributed by atoms with Crippen molar-refractivity contribution < 1.29 is 14.0 Å². The molecule has 1 aliphatic rings. The number of hydrogen-bond donors (Lipinski definition) is 1. The lowest BCUT2D eigenvalue weighted by Gasteiger charge is -2.31. The van der Waals surface area contributed by atoms with Crippen molar-refractivity contribution in [1.82, 2.24) is 4.90 Å². The van der Waals surface area contributed by atoms with Crippen LogP contribution in [0, 0.1) is 18.7 Å². The van der Waals surface area contributed by atoms with E-state index in [0.717, 1.165) is 33.7 Å². The summed E-state index contributed by atoms with van der Waals surface area (Å²) in [5.74, 6) is -0.580. The first kappa shape index (κ1) is 20.3. The third kappa shape index (κ3) is 4.60. The van der Waals surface area contributed by atoms with Gasteiger partial charge >= 0.3 is 0 Å². The predicted octanol–water partition coefficient (Wildman–Crippen LogP) is 5.35. The smallest absolute Gasteiger partial charge is 0.263 e. The largest absolute Gasteiger partial charge is 0.337 e. The fraction of sp³-hybridized carbons (Fsp3) is 0.250. The van der Waals surface area contributed by atoms with Crippen LogP contribution in [0.15, 0.2) is 60.7 Å². The van der Waals surface area contributed by atoms with Crippen LogP contribution in [-0.2, 0) is 4.79 Å². The highest BCUT2D eigenvalue weighted by atomic mass is 32.1. The molecule has 0 aliphatic carbocycles. The Morgan fingerprint density at radius 3 is 2.57 bits per heavy atom. The van der Waals surface area contributed by atoms with E-state index in [9.17, 15) is 14.0 Å². The molecule has 154 valence electrons. The molecule has 0 unspecified atom stereocenters. The minimum atomic E-state index is -0.279. The first-order chi connectivity index (χ1) is 14.5. The van der Waals surface area contributed by atoms with Gasteiger partial charge in [-0.15, -0.1) is 11.3 Å². The quantitative estimate of drug-likeness (QED) is 0.616. The van der Waals surface area contributed by atoms with Crippen molar-refractivity contribution in [3.05, 3.63) is 76.2 Å². The monoisotopic (exact) mass is 422 g/mol. The molecule has 4 nitrogen and oxygen atoms in total. The Morgan fingerprint density at radius 2 is 1.87 bits per heavy atom. The number of rotatable bonds is 4. The maximum absolute atomic E-state index is 13.4. The summed E-state index contributed by atoms with van der Waals surface area (Å²) in [6.07, 6.45) is 1.58. The van der Waals surface area contributed by atoms with Gasteiger partial charge in [0.2, 0.25) is 5.91 Å². The standard InChI is InChI=1S/C24H23FN2O2S/c1-16-7-12-22(30-16)24(29)27-13-3-5-19(15-27)23(28)26-21-10-8-17(9-11-21)18-4-2-6-20(25)14-18/h2,4,6-12,14,19H,3,5,13,15H2,1H3,(H,26,28)/t19-/m0/s1. The molecule has 2 aromatic carbocycles. The third-order valence-corrected chi connectivity index (χ3v) is 6.33. The van der Waals surface area contributed by atoms with E-state index in [4.69, 9.17) is 0 Å². The summed E-state index contributed by atoms with van der Waals surface area (Å²) in [5.41, 5.74) is 2.36. The Kier molecular flexibility index (Phi) is 5.95. The van der Waals surface area contributed by atoms with Crippen LogP contribution in [0.4, 0.5) is 10.1 Å². The molecule has 1 aromatic heterocycles. The van der Waals surface area contributed by atoms with E-state index in [1.54, 1.807) is 11.0 Å². The molecule has 0 saturated carbocycles. The molecule has 2 amide bonds. The van der Waals surface area contributed by atoms with Crippen LogP contribution in [0.1, 0.15) is 27.4 Å². The number of carbonyl (C=O) groups excluding carboxylic acids is 2. The second-order valence-corrected chi connectivity index (χ2v) is 8.87. The molecule has 0 bridgehead atoms. The lowest BCUT2D eigenvalue weighted by molar-refractivity contribution is -0.121. The Bertz CT molecular complexity index is 1060. The third-order valence-electron chi connectivity index (χ3n) is 5.34. The Balaban J connectivity index is 1.39. The number of anilines is 1. The van der Waals surface area contributed by atoms with Gasteiger partial charge in [0.25, 0.3) is 5.91 Å². The molecule has 3 aromatic rings. The second kappa shape index (κ2) is 8.79. The van der Waals surface area contributed by atoms with E-state index in [1.807, 2.05) is 49.4 Å². The number of benzene rings is 2. The average Bonchev–Trinajstić information content (AvgIpc) is 3.20. The summed E-state index contributed by atoms with van der Waals surface area (Å²) in [7, 11) is 0. The van der Waals surface area contributed by atoms with Crippen LogP contribution in [0.3, 0.4) is 0 Å². The summed E-state index contributed by atoms with van der Waals surface area (Å²) >= 11 is 1.49. The van der Waals surface area contributed by atoms with E-state index in [1.165, 1.54) is 23.5 Å². The number of amides is 2. The molecule has 2 heterocycles. The van der Waals surface area contributed by atoms with Gasteiger partial charge in [-0.1, -0.05) is 24.3 Å². The normalized spacial score (nSPS) is 16.3. The van der Waals surface area contributed by atoms with E-state index in [2.05, 4.69) is 5.32 Å². The Labute approximate surface area is 179 Å². The van der Waals surface area contributed by atoms with Crippen molar-refractivity contribution in [3.63, 3.8) is 0 Å². The van der Waals surface area contributed by atoms with E-state index in [-0.39, 0.29) is 23.5 Å². The molecule has 1 fully saturated rings. The van der Waals surface area contributed by atoms with E-state index >= 15 is 0 Å². The van der Waals surface area contributed by atoms with E-state index < -0.39 is 0 Å². The van der Waals surface area contributed by atoms with Gasteiger partial charge in [-0.25, -0.2) is 4.39 Å². The van der Waals surface area contributed by atoms with Crippen molar-refractivity contribution in [3.8, 4) is 11.1 Å². The number of aryl methyl sites for hydroxylation is 1. The summed E-state index contributed by atoms with van der Waals surface area (Å²) in [4.78, 5) is 29.1. The summed E-state index contributed by atoms with van der Waals surface area (Å²) in [5, 5.41) is 2.96. The van der Waals surface area contributed by atoms with Crippen molar-refractivity contribution in [2.24, 2.45) is 5.92 Å². The van der Waals surface area contributed by atoms with Gasteiger partial charge in [0.15, 0.2) is 0 Å². The number of piperidine rings is 1. The maximum Gasteiger partial charge on any atom is 0.263 e. The van der Waals surface area contributed by atoms with Crippen LogP contribution >= 0.6 is 11.3 Å². The van der Waals surface area contributed by atoms with Crippen molar-refractivity contribution in [2.45, 2.75) is 19.8 Å². The predicted molar refractivity (Wildman–Crippen MR) is 118 cm³/mol. The summed E-state index contributed by atoms with van der Waals surface area (Å²) in [6, 6.07) is 17.6. The fourth-order valence-corrected chi connectivity index (χ4v) is 4.57. The number of likely N-dealkylation sites (tertiary alicyclic amines) is 1. The molecule has 30 heavy (non-hydrogen) atoms. The molecule has 6 heteroatoms. The van der Waals surface area contributed by atoms with Gasteiger partial charge in [0.05, 0.1) is 10.8 Å². The summed E-state index contributed by atoms with van der Waals surface area (Å²) in [6.45, 7) is 3.10. The molecule has 0 spiro atoms. The maximum atomic E-state index is 13.4. The van der Waals surface area contributed by atoms with Gasteiger partial charge in [-0.3, -0.25) is 9.59 Å². The van der Waals surface area contributed by atoms with Gasteiger partial charge in [0.1, 0.15) is 5.82 Å². The lowest BCUT2D eigenvalue weighted by Crippen LogP contribution is -2.43. The number of nitrogens with zero attached hydrogens (tertiary/aromatic N) is 1. The first-order valence-electron chi connectivity index (χ1n) is 10.0. The first-order valence-corrected chi connectivity index (χ1v) is 10.8. The van der Waals surface area contributed by atoms with Crippen LogP contribution in [-0.4, -0.2) is 29.8 Å². The topological polar surface area (TPSA) is 49.4 Å². The van der Waals surface area contributed by atoms with E-state index in [0.29, 0.717) is 18.8 Å². The highest BCUT2D eigenvalue weighted by molar-refractivity contribution is 7.13. The minimum absolute atomic E-state index is 0.00467. The lowest BCUT2D eigenvalue weighted by atomic mass is 9.96. The molecular weight excluding hydrogens is 399 g/mol. The molecule has 1 saturated heterocycles. The van der Waals surface area contributed by atoms with Crippen LogP contribution in [0.2, 0.25) is 0 Å². The number of thiophene rings is 1. The van der Waals surface area contributed by atoms with Gasteiger partial charge < -0.3 is 10.2 Å². The van der Waals surface area contributed by atoms with Gasteiger partial charge in [-0.05, 0) is 67.3 Å². The number of carbonyl (C=O) groups is 2. The SMILES string of the molecule is Cc1ccc(C(=O)N2CCC[C@H](C(=O)Nc3ccc(-c4cccc(F)c4)cc3)C2)s1. The summed E-state index contributed by atoms with van der Waals surface area (Å²) < 4.78 is 13.4.